The van der Waals surface area contributed by atoms with Crippen molar-refractivity contribution < 1.29 is 14.3 Å². The summed E-state index contributed by atoms with van der Waals surface area (Å²) in [6.45, 7) is 2.58. The molecule has 132 valence electrons. The van der Waals surface area contributed by atoms with Crippen LogP contribution in [0.5, 0.6) is 0 Å². The third-order valence-corrected chi connectivity index (χ3v) is 4.55. The monoisotopic (exact) mass is 332 g/mol. The first kappa shape index (κ1) is 18.4. The number of nitrogens with zero attached hydrogens (tertiary/aromatic N) is 2. The molecular formula is C19H28N2O3. The highest BCUT2D eigenvalue weighted by Crippen LogP contribution is 2.23. The molecule has 1 aliphatic carbocycles. The largest absolute Gasteiger partial charge is 0.466 e. The predicted molar refractivity (Wildman–Crippen MR) is 92.6 cm³/mol. The number of amides is 1. The van der Waals surface area contributed by atoms with Gasteiger partial charge in [0.25, 0.3) is 5.91 Å². The van der Waals surface area contributed by atoms with Gasteiger partial charge in [-0.05, 0) is 31.9 Å². The maximum Gasteiger partial charge on any atom is 0.307 e. The number of ether oxygens (including phenoxy) is 1. The minimum atomic E-state index is -0.243. The fourth-order valence-electron chi connectivity index (χ4n) is 3.30. The zero-order valence-corrected chi connectivity index (χ0v) is 14.6. The van der Waals surface area contributed by atoms with Crippen molar-refractivity contribution in [3.63, 3.8) is 0 Å². The van der Waals surface area contributed by atoms with Crippen LogP contribution >= 0.6 is 0 Å². The van der Waals surface area contributed by atoms with Crippen molar-refractivity contribution in [3.8, 4) is 0 Å². The lowest BCUT2D eigenvalue weighted by Gasteiger charge is -2.33. The number of carbonyl (C=O) groups is 2. The Bertz CT molecular complexity index is 511. The van der Waals surface area contributed by atoms with Crippen LogP contribution in [0, 0.1) is 0 Å². The van der Waals surface area contributed by atoms with Gasteiger partial charge in [0, 0.05) is 25.0 Å². The zero-order valence-electron chi connectivity index (χ0n) is 14.6. The molecule has 0 atom stereocenters. The van der Waals surface area contributed by atoms with Gasteiger partial charge in [-0.2, -0.15) is 0 Å². The highest BCUT2D eigenvalue weighted by molar-refractivity contribution is 5.94. The first-order chi connectivity index (χ1) is 11.7. The van der Waals surface area contributed by atoms with Gasteiger partial charge in [0.05, 0.1) is 18.6 Å². The molecule has 1 saturated carbocycles. The number of carbonyl (C=O) groups excluding carboxylic acids is 2. The van der Waals surface area contributed by atoms with Gasteiger partial charge in [-0.25, -0.2) is 0 Å². The van der Waals surface area contributed by atoms with Gasteiger partial charge >= 0.3 is 5.97 Å². The van der Waals surface area contributed by atoms with Crippen LogP contribution in [-0.2, 0) is 9.53 Å². The van der Waals surface area contributed by atoms with Gasteiger partial charge < -0.3 is 9.64 Å². The molecular weight excluding hydrogens is 304 g/mol. The Labute approximate surface area is 144 Å². The van der Waals surface area contributed by atoms with E-state index in [9.17, 15) is 9.59 Å². The summed E-state index contributed by atoms with van der Waals surface area (Å²) in [5.41, 5.74) is 0.586. The Balaban J connectivity index is 2.10. The number of pyridine rings is 1. The lowest BCUT2D eigenvalue weighted by molar-refractivity contribution is -0.143. The third-order valence-electron chi connectivity index (χ3n) is 4.55. The zero-order chi connectivity index (χ0) is 17.2. The number of aromatic nitrogens is 1. The summed E-state index contributed by atoms with van der Waals surface area (Å²) in [6.07, 6.45) is 11.5. The van der Waals surface area contributed by atoms with Gasteiger partial charge in [0.2, 0.25) is 0 Å². The average Bonchev–Trinajstić information content (AvgIpc) is 2.57. The number of hydrogen-bond acceptors (Lipinski definition) is 4. The molecule has 2 rings (SSSR count). The molecule has 1 heterocycles. The molecule has 0 spiro atoms. The summed E-state index contributed by atoms with van der Waals surface area (Å²) in [5.74, 6) is -0.273. The van der Waals surface area contributed by atoms with Crippen LogP contribution in [0.3, 0.4) is 0 Å². The quantitative estimate of drug-likeness (QED) is 0.747. The van der Waals surface area contributed by atoms with E-state index in [2.05, 4.69) is 4.98 Å². The van der Waals surface area contributed by atoms with Crippen LogP contribution in [0.4, 0.5) is 0 Å². The molecule has 5 heteroatoms. The second kappa shape index (κ2) is 10.1. The molecule has 0 aliphatic heterocycles. The summed E-state index contributed by atoms with van der Waals surface area (Å²) in [6, 6.07) is 3.76. The fraction of sp³-hybridized carbons (Fsp3) is 0.632. The Morgan fingerprint density at radius 1 is 1.21 bits per heavy atom. The van der Waals surface area contributed by atoms with Crippen LogP contribution < -0.4 is 0 Å². The third kappa shape index (κ3) is 5.62. The van der Waals surface area contributed by atoms with E-state index < -0.39 is 0 Å². The van der Waals surface area contributed by atoms with Gasteiger partial charge in [0.15, 0.2) is 0 Å². The van der Waals surface area contributed by atoms with Crippen LogP contribution in [0.1, 0.15) is 68.6 Å². The molecule has 0 N–H and O–H groups in total. The smallest absolute Gasteiger partial charge is 0.307 e. The van der Waals surface area contributed by atoms with Crippen LogP contribution in [0.15, 0.2) is 24.5 Å². The molecule has 1 amide bonds. The Hall–Kier alpha value is -1.91. The van der Waals surface area contributed by atoms with E-state index in [1.54, 1.807) is 31.5 Å². The predicted octanol–water partition coefficient (Wildman–Crippen LogP) is 3.59. The molecule has 0 saturated heterocycles. The van der Waals surface area contributed by atoms with E-state index in [4.69, 9.17) is 4.74 Å². The van der Waals surface area contributed by atoms with Crippen LogP contribution in [-0.4, -0.2) is 41.0 Å². The number of rotatable bonds is 6. The second-order valence-corrected chi connectivity index (χ2v) is 6.29. The molecule has 0 bridgehead atoms. The Kier molecular flexibility index (Phi) is 7.72. The molecule has 5 nitrogen and oxygen atoms in total. The first-order valence-electron chi connectivity index (χ1n) is 9.09. The molecule has 0 radical (unpaired) electrons. The lowest BCUT2D eigenvalue weighted by Crippen LogP contribution is -2.42. The highest BCUT2D eigenvalue weighted by Gasteiger charge is 2.25. The number of esters is 1. The van der Waals surface area contributed by atoms with Crippen molar-refractivity contribution in [2.75, 3.05) is 13.2 Å². The van der Waals surface area contributed by atoms with E-state index in [0.29, 0.717) is 18.7 Å². The molecule has 0 unspecified atom stereocenters. The average molecular weight is 332 g/mol. The van der Waals surface area contributed by atoms with Crippen molar-refractivity contribution in [1.82, 2.24) is 9.88 Å². The Morgan fingerprint density at radius 2 is 1.92 bits per heavy atom. The summed E-state index contributed by atoms with van der Waals surface area (Å²) in [7, 11) is 0. The van der Waals surface area contributed by atoms with Crippen LogP contribution in [0.25, 0.3) is 0 Å². The van der Waals surface area contributed by atoms with Gasteiger partial charge in [-0.1, -0.05) is 32.1 Å². The molecule has 1 aromatic heterocycles. The van der Waals surface area contributed by atoms with Crippen molar-refractivity contribution >= 4 is 11.9 Å². The fourth-order valence-corrected chi connectivity index (χ4v) is 3.30. The second-order valence-electron chi connectivity index (χ2n) is 6.29. The van der Waals surface area contributed by atoms with Gasteiger partial charge in [-0.3, -0.25) is 14.6 Å². The first-order valence-corrected chi connectivity index (χ1v) is 9.09. The highest BCUT2D eigenvalue weighted by atomic mass is 16.5. The Morgan fingerprint density at radius 3 is 2.54 bits per heavy atom. The van der Waals surface area contributed by atoms with Crippen molar-refractivity contribution in [2.45, 2.75) is 64.3 Å². The van der Waals surface area contributed by atoms with Gasteiger partial charge in [-0.15, -0.1) is 0 Å². The van der Waals surface area contributed by atoms with E-state index in [-0.39, 0.29) is 24.3 Å². The van der Waals surface area contributed by atoms with E-state index in [0.717, 1.165) is 25.7 Å². The summed E-state index contributed by atoms with van der Waals surface area (Å²) in [5, 5.41) is 0. The normalized spacial score (nSPS) is 16.0. The molecule has 1 fully saturated rings. The van der Waals surface area contributed by atoms with E-state index in [1.165, 1.54) is 19.3 Å². The molecule has 1 aliphatic rings. The summed E-state index contributed by atoms with van der Waals surface area (Å²) in [4.78, 5) is 30.6. The molecule has 24 heavy (non-hydrogen) atoms. The molecule has 0 aromatic carbocycles. The van der Waals surface area contributed by atoms with Crippen molar-refractivity contribution in [1.29, 1.82) is 0 Å². The van der Waals surface area contributed by atoms with Gasteiger partial charge in [0.1, 0.15) is 0 Å². The minimum absolute atomic E-state index is 0.0297. The maximum atomic E-state index is 12.9. The standard InChI is InChI=1S/C19H28N2O3/c1-2-24-18(22)12-14-21(17-10-6-4-3-5-7-11-17)19(23)16-9-8-13-20-15-16/h8-9,13,15,17H,2-7,10-12,14H2,1H3. The van der Waals surface area contributed by atoms with Crippen molar-refractivity contribution in [2.24, 2.45) is 0 Å². The number of hydrogen-bond donors (Lipinski definition) is 0. The summed E-state index contributed by atoms with van der Waals surface area (Å²) < 4.78 is 5.02. The lowest BCUT2D eigenvalue weighted by atomic mass is 9.95. The van der Waals surface area contributed by atoms with Crippen LogP contribution in [0.2, 0.25) is 0 Å². The maximum absolute atomic E-state index is 12.9. The van der Waals surface area contributed by atoms with E-state index >= 15 is 0 Å². The van der Waals surface area contributed by atoms with E-state index in [1.807, 2.05) is 4.90 Å². The molecule has 1 aromatic rings. The topological polar surface area (TPSA) is 59.5 Å². The van der Waals surface area contributed by atoms with Crippen molar-refractivity contribution in [3.05, 3.63) is 30.1 Å². The SMILES string of the molecule is CCOC(=O)CCN(C(=O)c1cccnc1)C1CCCCCCC1. The minimum Gasteiger partial charge on any atom is -0.466 e. The summed E-state index contributed by atoms with van der Waals surface area (Å²) >= 11 is 0.